The van der Waals surface area contributed by atoms with Gasteiger partial charge in [-0.2, -0.15) is 0 Å². The van der Waals surface area contributed by atoms with Crippen molar-refractivity contribution < 1.29 is 0 Å². The Labute approximate surface area is 131 Å². The van der Waals surface area contributed by atoms with Gasteiger partial charge in [0, 0.05) is 31.9 Å². The zero-order valence-corrected chi connectivity index (χ0v) is 14.5. The van der Waals surface area contributed by atoms with Crippen molar-refractivity contribution in [3.8, 4) is 0 Å². The van der Waals surface area contributed by atoms with Gasteiger partial charge in [-0.15, -0.1) is 0 Å². The molecular formula is C18H33N3. The van der Waals surface area contributed by atoms with Crippen LogP contribution >= 0.6 is 0 Å². The van der Waals surface area contributed by atoms with Crippen LogP contribution in [0.5, 0.6) is 0 Å². The summed E-state index contributed by atoms with van der Waals surface area (Å²) in [5.41, 5.74) is 1.36. The van der Waals surface area contributed by atoms with Crippen LogP contribution in [0, 0.1) is 5.92 Å². The molecule has 1 N–H and O–H groups in total. The van der Waals surface area contributed by atoms with Gasteiger partial charge in [0.15, 0.2) is 0 Å². The van der Waals surface area contributed by atoms with Gasteiger partial charge in [-0.05, 0) is 42.9 Å². The summed E-state index contributed by atoms with van der Waals surface area (Å²) in [7, 11) is 0. The molecule has 1 aromatic heterocycles. The fraction of sp³-hybridized carbons (Fsp3) is 0.722. The van der Waals surface area contributed by atoms with E-state index in [0.29, 0.717) is 12.0 Å². The monoisotopic (exact) mass is 291 g/mol. The van der Waals surface area contributed by atoms with Crippen LogP contribution < -0.4 is 5.32 Å². The molecule has 0 aliphatic heterocycles. The van der Waals surface area contributed by atoms with Crippen LogP contribution in [0.15, 0.2) is 18.3 Å². The van der Waals surface area contributed by atoms with E-state index >= 15 is 0 Å². The first kappa shape index (κ1) is 18.0. The zero-order valence-electron chi connectivity index (χ0n) is 14.5. The van der Waals surface area contributed by atoms with Crippen LogP contribution in [0.25, 0.3) is 0 Å². The predicted molar refractivity (Wildman–Crippen MR) is 92.6 cm³/mol. The Balaban J connectivity index is 2.77. The van der Waals surface area contributed by atoms with Gasteiger partial charge in [-0.25, -0.2) is 4.98 Å². The molecule has 0 aliphatic rings. The Morgan fingerprint density at radius 1 is 1.19 bits per heavy atom. The minimum atomic E-state index is 0.674. The minimum Gasteiger partial charge on any atom is -0.370 e. The zero-order chi connectivity index (χ0) is 15.7. The van der Waals surface area contributed by atoms with Crippen molar-refractivity contribution in [1.29, 1.82) is 0 Å². The molecule has 3 nitrogen and oxygen atoms in total. The van der Waals surface area contributed by atoms with Gasteiger partial charge in [0.25, 0.3) is 0 Å². The van der Waals surface area contributed by atoms with E-state index in [1.807, 2.05) is 6.20 Å². The maximum atomic E-state index is 4.40. The SMILES string of the molecule is CCCNc1cc(CN(CC(C)C)C(CC)CC)ccn1. The van der Waals surface area contributed by atoms with E-state index in [9.17, 15) is 0 Å². The molecule has 0 radical (unpaired) electrons. The molecule has 1 rings (SSSR count). The van der Waals surface area contributed by atoms with Crippen LogP contribution in [-0.2, 0) is 6.54 Å². The molecule has 120 valence electrons. The Morgan fingerprint density at radius 3 is 2.48 bits per heavy atom. The first-order chi connectivity index (χ1) is 10.1. The summed E-state index contributed by atoms with van der Waals surface area (Å²) in [5.74, 6) is 1.70. The normalized spacial score (nSPS) is 11.6. The van der Waals surface area contributed by atoms with Crippen molar-refractivity contribution in [3.63, 3.8) is 0 Å². The Bertz CT molecular complexity index is 386. The largest absolute Gasteiger partial charge is 0.370 e. The highest BCUT2D eigenvalue weighted by molar-refractivity contribution is 5.37. The van der Waals surface area contributed by atoms with Crippen LogP contribution in [0.4, 0.5) is 5.82 Å². The Kier molecular flexibility index (Phi) is 8.36. The van der Waals surface area contributed by atoms with Crippen LogP contribution in [0.2, 0.25) is 0 Å². The first-order valence-electron chi connectivity index (χ1n) is 8.53. The first-order valence-corrected chi connectivity index (χ1v) is 8.53. The lowest BCUT2D eigenvalue weighted by Gasteiger charge is -2.32. The lowest BCUT2D eigenvalue weighted by atomic mass is 10.1. The molecule has 0 aromatic carbocycles. The lowest BCUT2D eigenvalue weighted by Crippen LogP contribution is -2.36. The van der Waals surface area contributed by atoms with Gasteiger partial charge >= 0.3 is 0 Å². The maximum Gasteiger partial charge on any atom is 0.126 e. The standard InChI is InChI=1S/C18H33N3/c1-6-10-19-18-12-16(9-11-20-18)14-21(13-15(4)5)17(7-2)8-3/h9,11-12,15,17H,6-8,10,13-14H2,1-5H3,(H,19,20). The highest BCUT2D eigenvalue weighted by Crippen LogP contribution is 2.17. The number of aromatic nitrogens is 1. The number of rotatable bonds is 10. The second-order valence-corrected chi connectivity index (χ2v) is 6.27. The van der Waals surface area contributed by atoms with Crippen molar-refractivity contribution >= 4 is 5.82 Å². The second kappa shape index (κ2) is 9.78. The fourth-order valence-electron chi connectivity index (χ4n) is 2.77. The van der Waals surface area contributed by atoms with Gasteiger partial charge in [-0.3, -0.25) is 4.90 Å². The van der Waals surface area contributed by atoms with E-state index in [-0.39, 0.29) is 0 Å². The smallest absolute Gasteiger partial charge is 0.126 e. The summed E-state index contributed by atoms with van der Waals surface area (Å²) in [6.07, 6.45) is 5.48. The number of pyridine rings is 1. The average Bonchev–Trinajstić information content (AvgIpc) is 2.46. The summed E-state index contributed by atoms with van der Waals surface area (Å²) in [5, 5.41) is 3.38. The number of nitrogens with one attached hydrogen (secondary N) is 1. The van der Waals surface area contributed by atoms with Crippen molar-refractivity contribution in [1.82, 2.24) is 9.88 Å². The molecule has 0 spiro atoms. The predicted octanol–water partition coefficient (Wildman–Crippen LogP) is 4.55. The molecule has 0 saturated heterocycles. The molecule has 0 bridgehead atoms. The van der Waals surface area contributed by atoms with Gasteiger partial charge in [0.1, 0.15) is 5.82 Å². The van der Waals surface area contributed by atoms with Crippen LogP contribution in [0.3, 0.4) is 0 Å². The van der Waals surface area contributed by atoms with E-state index in [2.05, 4.69) is 62.0 Å². The Morgan fingerprint density at radius 2 is 1.90 bits per heavy atom. The van der Waals surface area contributed by atoms with Gasteiger partial charge < -0.3 is 5.32 Å². The summed E-state index contributed by atoms with van der Waals surface area (Å²) in [6, 6.07) is 5.02. The third-order valence-corrected chi connectivity index (χ3v) is 3.82. The molecule has 21 heavy (non-hydrogen) atoms. The van der Waals surface area contributed by atoms with E-state index in [1.165, 1.54) is 18.4 Å². The number of hydrogen-bond acceptors (Lipinski definition) is 3. The molecule has 1 heterocycles. The van der Waals surface area contributed by atoms with Crippen LogP contribution in [-0.4, -0.2) is 29.0 Å². The lowest BCUT2D eigenvalue weighted by molar-refractivity contribution is 0.157. The molecule has 0 unspecified atom stereocenters. The third kappa shape index (κ3) is 6.47. The molecule has 0 aliphatic carbocycles. The summed E-state index contributed by atoms with van der Waals surface area (Å²) in [6.45, 7) is 14.5. The number of anilines is 1. The van der Waals surface area contributed by atoms with Crippen molar-refractivity contribution in [2.45, 2.75) is 66.5 Å². The van der Waals surface area contributed by atoms with Crippen molar-refractivity contribution in [2.75, 3.05) is 18.4 Å². The van der Waals surface area contributed by atoms with E-state index < -0.39 is 0 Å². The van der Waals surface area contributed by atoms with E-state index in [0.717, 1.165) is 31.9 Å². The highest BCUT2D eigenvalue weighted by atomic mass is 15.2. The average molecular weight is 291 g/mol. The minimum absolute atomic E-state index is 0.674. The summed E-state index contributed by atoms with van der Waals surface area (Å²) >= 11 is 0. The molecule has 3 heteroatoms. The van der Waals surface area contributed by atoms with E-state index in [4.69, 9.17) is 0 Å². The quantitative estimate of drug-likeness (QED) is 0.685. The molecule has 0 atom stereocenters. The fourth-order valence-corrected chi connectivity index (χ4v) is 2.77. The second-order valence-electron chi connectivity index (χ2n) is 6.27. The van der Waals surface area contributed by atoms with Gasteiger partial charge in [-0.1, -0.05) is 34.6 Å². The van der Waals surface area contributed by atoms with Gasteiger partial charge in [0.2, 0.25) is 0 Å². The summed E-state index contributed by atoms with van der Waals surface area (Å²) < 4.78 is 0. The molecular weight excluding hydrogens is 258 g/mol. The van der Waals surface area contributed by atoms with Crippen LogP contribution in [0.1, 0.15) is 59.4 Å². The number of nitrogens with zero attached hydrogens (tertiary/aromatic N) is 2. The summed E-state index contributed by atoms with van der Waals surface area (Å²) in [4.78, 5) is 7.03. The Hall–Kier alpha value is -1.09. The molecule has 0 saturated carbocycles. The molecule has 0 fully saturated rings. The van der Waals surface area contributed by atoms with Crippen molar-refractivity contribution in [2.24, 2.45) is 5.92 Å². The van der Waals surface area contributed by atoms with Gasteiger partial charge in [0.05, 0.1) is 0 Å². The number of hydrogen-bond donors (Lipinski definition) is 1. The van der Waals surface area contributed by atoms with Crippen molar-refractivity contribution in [3.05, 3.63) is 23.9 Å². The highest BCUT2D eigenvalue weighted by Gasteiger charge is 2.16. The third-order valence-electron chi connectivity index (χ3n) is 3.82. The molecule has 0 amide bonds. The maximum absolute atomic E-state index is 4.40. The van der Waals surface area contributed by atoms with E-state index in [1.54, 1.807) is 0 Å². The molecule has 1 aromatic rings. The topological polar surface area (TPSA) is 28.2 Å².